The molecule has 0 aromatic carbocycles. The molecule has 1 N–H and O–H groups in total. The summed E-state index contributed by atoms with van der Waals surface area (Å²) in [5.74, 6) is 1.10. The standard InChI is InChI=1S/C17H24N4S/c1-13(22-2)12-21-9-4-3-7-16(21)17-19-11-15(20-17)14-6-5-8-18-10-14/h5-6,8,10-11,13,16H,3-4,7,9,12H2,1-2H3,(H,19,20). The topological polar surface area (TPSA) is 44.8 Å². The Morgan fingerprint density at radius 3 is 3.14 bits per heavy atom. The normalized spacial score (nSPS) is 20.9. The van der Waals surface area contributed by atoms with Crippen molar-refractivity contribution < 1.29 is 0 Å². The molecule has 5 heteroatoms. The van der Waals surface area contributed by atoms with Crippen LogP contribution in [0.5, 0.6) is 0 Å². The van der Waals surface area contributed by atoms with Crippen molar-refractivity contribution in [2.45, 2.75) is 37.5 Å². The molecule has 22 heavy (non-hydrogen) atoms. The summed E-state index contributed by atoms with van der Waals surface area (Å²) in [5, 5.41) is 0.661. The first kappa shape index (κ1) is 15.6. The predicted molar refractivity (Wildman–Crippen MR) is 93.0 cm³/mol. The van der Waals surface area contributed by atoms with Crippen molar-refractivity contribution in [1.82, 2.24) is 19.9 Å². The first-order valence-corrected chi connectivity index (χ1v) is 9.29. The van der Waals surface area contributed by atoms with Gasteiger partial charge in [-0.2, -0.15) is 11.8 Å². The van der Waals surface area contributed by atoms with Gasteiger partial charge in [0, 0.05) is 35.9 Å². The zero-order chi connectivity index (χ0) is 15.4. The number of nitrogens with one attached hydrogen (secondary N) is 1. The number of likely N-dealkylation sites (tertiary alicyclic amines) is 1. The number of imidazole rings is 1. The molecule has 118 valence electrons. The maximum absolute atomic E-state index is 4.84. The Labute approximate surface area is 136 Å². The van der Waals surface area contributed by atoms with E-state index in [-0.39, 0.29) is 0 Å². The van der Waals surface area contributed by atoms with Crippen LogP contribution >= 0.6 is 11.8 Å². The summed E-state index contributed by atoms with van der Waals surface area (Å²) in [6.45, 7) is 4.62. The van der Waals surface area contributed by atoms with Crippen LogP contribution < -0.4 is 0 Å². The molecule has 0 aliphatic carbocycles. The minimum absolute atomic E-state index is 0.425. The molecule has 0 spiro atoms. The van der Waals surface area contributed by atoms with Gasteiger partial charge in [-0.25, -0.2) is 4.98 Å². The lowest BCUT2D eigenvalue weighted by molar-refractivity contribution is 0.145. The highest BCUT2D eigenvalue weighted by atomic mass is 32.2. The molecule has 1 saturated heterocycles. The summed E-state index contributed by atoms with van der Waals surface area (Å²) in [6.07, 6.45) is 11.7. The maximum atomic E-state index is 4.84. The lowest BCUT2D eigenvalue weighted by Crippen LogP contribution is -2.37. The van der Waals surface area contributed by atoms with E-state index in [4.69, 9.17) is 4.98 Å². The van der Waals surface area contributed by atoms with Crippen molar-refractivity contribution in [1.29, 1.82) is 0 Å². The highest BCUT2D eigenvalue weighted by Crippen LogP contribution is 2.31. The van der Waals surface area contributed by atoms with Crippen LogP contribution in [-0.2, 0) is 0 Å². The second-order valence-electron chi connectivity index (χ2n) is 5.97. The lowest BCUT2D eigenvalue weighted by atomic mass is 10.0. The van der Waals surface area contributed by atoms with E-state index in [0.717, 1.165) is 23.6 Å². The molecule has 2 aromatic heterocycles. The zero-order valence-electron chi connectivity index (χ0n) is 13.3. The van der Waals surface area contributed by atoms with Crippen LogP contribution in [0.3, 0.4) is 0 Å². The highest BCUT2D eigenvalue weighted by Gasteiger charge is 2.27. The van der Waals surface area contributed by atoms with Crippen LogP contribution in [0.25, 0.3) is 11.3 Å². The molecule has 2 unspecified atom stereocenters. The van der Waals surface area contributed by atoms with Gasteiger partial charge in [-0.1, -0.05) is 13.3 Å². The predicted octanol–water partition coefficient (Wildman–Crippen LogP) is 3.75. The Bertz CT molecular complexity index is 583. The molecule has 0 saturated carbocycles. The van der Waals surface area contributed by atoms with Gasteiger partial charge in [0.15, 0.2) is 0 Å². The van der Waals surface area contributed by atoms with Crippen molar-refractivity contribution >= 4 is 11.8 Å². The highest BCUT2D eigenvalue weighted by molar-refractivity contribution is 7.99. The monoisotopic (exact) mass is 316 g/mol. The number of pyridine rings is 1. The Kier molecular flexibility index (Phi) is 5.16. The molecule has 0 bridgehead atoms. The fourth-order valence-corrected chi connectivity index (χ4v) is 3.43. The van der Waals surface area contributed by atoms with Crippen LogP contribution in [-0.4, -0.2) is 44.4 Å². The molecule has 0 amide bonds. The zero-order valence-corrected chi connectivity index (χ0v) is 14.1. The van der Waals surface area contributed by atoms with Crippen LogP contribution in [0, 0.1) is 0 Å². The molecule has 3 heterocycles. The SMILES string of the molecule is CSC(C)CN1CCCCC1c1nc(-c2cccnc2)c[nH]1. The molecule has 1 fully saturated rings. The van der Waals surface area contributed by atoms with Crippen LogP contribution in [0.4, 0.5) is 0 Å². The number of H-pyrrole nitrogens is 1. The van der Waals surface area contributed by atoms with Crippen molar-refractivity contribution in [3.05, 3.63) is 36.5 Å². The van der Waals surface area contributed by atoms with E-state index in [1.165, 1.54) is 25.8 Å². The summed E-state index contributed by atoms with van der Waals surface area (Å²) in [5.41, 5.74) is 2.07. The van der Waals surface area contributed by atoms with Crippen molar-refractivity contribution in [3.8, 4) is 11.3 Å². The Balaban J connectivity index is 1.78. The summed E-state index contributed by atoms with van der Waals surface area (Å²) in [7, 11) is 0. The third-order valence-corrected chi connectivity index (χ3v) is 5.33. The smallest absolute Gasteiger partial charge is 0.124 e. The van der Waals surface area contributed by atoms with E-state index in [0.29, 0.717) is 11.3 Å². The average Bonchev–Trinajstić information content (AvgIpc) is 3.06. The number of thioether (sulfide) groups is 1. The fraction of sp³-hybridized carbons (Fsp3) is 0.529. The van der Waals surface area contributed by atoms with E-state index in [2.05, 4.69) is 34.1 Å². The fourth-order valence-electron chi connectivity index (χ4n) is 3.09. The number of aromatic nitrogens is 3. The Hall–Kier alpha value is -1.33. The second-order valence-corrected chi connectivity index (χ2v) is 7.24. The molecule has 0 radical (unpaired) electrons. The van der Waals surface area contributed by atoms with Crippen LogP contribution in [0.1, 0.15) is 38.1 Å². The molecule has 2 aromatic rings. The van der Waals surface area contributed by atoms with Crippen LogP contribution in [0.2, 0.25) is 0 Å². The van der Waals surface area contributed by atoms with E-state index < -0.39 is 0 Å². The molecule has 3 rings (SSSR count). The number of hydrogen-bond donors (Lipinski definition) is 1. The largest absolute Gasteiger partial charge is 0.347 e. The number of nitrogens with zero attached hydrogens (tertiary/aromatic N) is 3. The quantitative estimate of drug-likeness (QED) is 0.912. The second kappa shape index (κ2) is 7.29. The van der Waals surface area contributed by atoms with Gasteiger partial charge in [-0.15, -0.1) is 0 Å². The molecule has 2 atom stereocenters. The number of aromatic amines is 1. The van der Waals surface area contributed by atoms with Gasteiger partial charge in [0.1, 0.15) is 5.82 Å². The van der Waals surface area contributed by atoms with E-state index in [1.54, 1.807) is 6.20 Å². The van der Waals surface area contributed by atoms with E-state index in [1.807, 2.05) is 30.2 Å². The third kappa shape index (κ3) is 3.52. The Morgan fingerprint density at radius 2 is 2.36 bits per heavy atom. The van der Waals surface area contributed by atoms with Gasteiger partial charge < -0.3 is 4.98 Å². The average molecular weight is 316 g/mol. The van der Waals surface area contributed by atoms with Gasteiger partial charge in [0.2, 0.25) is 0 Å². The number of piperidine rings is 1. The van der Waals surface area contributed by atoms with Gasteiger partial charge >= 0.3 is 0 Å². The molecule has 4 nitrogen and oxygen atoms in total. The van der Waals surface area contributed by atoms with E-state index >= 15 is 0 Å². The summed E-state index contributed by atoms with van der Waals surface area (Å²) < 4.78 is 0. The molecular formula is C17H24N4S. The summed E-state index contributed by atoms with van der Waals surface area (Å²) >= 11 is 1.94. The maximum Gasteiger partial charge on any atom is 0.124 e. The third-order valence-electron chi connectivity index (χ3n) is 4.38. The molecule has 1 aliphatic rings. The van der Waals surface area contributed by atoms with Crippen molar-refractivity contribution in [3.63, 3.8) is 0 Å². The van der Waals surface area contributed by atoms with Crippen molar-refractivity contribution in [2.75, 3.05) is 19.3 Å². The molecule has 1 aliphatic heterocycles. The van der Waals surface area contributed by atoms with Crippen LogP contribution in [0.15, 0.2) is 30.7 Å². The van der Waals surface area contributed by atoms with Gasteiger partial charge in [0.25, 0.3) is 0 Å². The Morgan fingerprint density at radius 1 is 1.45 bits per heavy atom. The van der Waals surface area contributed by atoms with Gasteiger partial charge in [0.05, 0.1) is 11.7 Å². The number of rotatable bonds is 5. The first-order chi connectivity index (χ1) is 10.8. The lowest BCUT2D eigenvalue weighted by Gasteiger charge is -2.35. The number of hydrogen-bond acceptors (Lipinski definition) is 4. The molecular weight excluding hydrogens is 292 g/mol. The minimum atomic E-state index is 0.425. The van der Waals surface area contributed by atoms with E-state index in [9.17, 15) is 0 Å². The minimum Gasteiger partial charge on any atom is -0.347 e. The summed E-state index contributed by atoms with van der Waals surface area (Å²) in [6, 6.07) is 4.44. The van der Waals surface area contributed by atoms with Crippen molar-refractivity contribution in [2.24, 2.45) is 0 Å². The summed E-state index contributed by atoms with van der Waals surface area (Å²) in [4.78, 5) is 15.0. The van der Waals surface area contributed by atoms with Gasteiger partial charge in [-0.05, 0) is 37.8 Å². The van der Waals surface area contributed by atoms with Gasteiger partial charge in [-0.3, -0.25) is 9.88 Å². The first-order valence-electron chi connectivity index (χ1n) is 8.00.